The van der Waals surface area contributed by atoms with E-state index in [1.54, 1.807) is 0 Å². The first-order valence-electron chi connectivity index (χ1n) is 4.85. The Balaban J connectivity index is 2.27. The summed E-state index contributed by atoms with van der Waals surface area (Å²) in [6.07, 6.45) is 3.59. The van der Waals surface area contributed by atoms with Gasteiger partial charge >= 0.3 is 0 Å². The third kappa shape index (κ3) is 2.26. The van der Waals surface area contributed by atoms with Crippen LogP contribution in [0.5, 0.6) is 0 Å². The zero-order valence-electron chi connectivity index (χ0n) is 8.29. The zero-order valence-corrected chi connectivity index (χ0v) is 9.88. The van der Waals surface area contributed by atoms with Gasteiger partial charge in [-0.05, 0) is 42.2 Å². The number of rotatable bonds is 1. The highest BCUT2D eigenvalue weighted by Gasteiger charge is 2.20. The van der Waals surface area contributed by atoms with Crippen LogP contribution in [-0.4, -0.2) is 5.78 Å². The van der Waals surface area contributed by atoms with E-state index in [-0.39, 0.29) is 5.78 Å². The van der Waals surface area contributed by atoms with Crippen LogP contribution in [0.15, 0.2) is 46.5 Å². The van der Waals surface area contributed by atoms with E-state index in [0.717, 1.165) is 34.0 Å². The first-order valence-corrected chi connectivity index (χ1v) is 5.65. The third-order valence-electron chi connectivity index (χ3n) is 2.52. The van der Waals surface area contributed by atoms with Crippen LogP contribution in [0.4, 0.5) is 0 Å². The largest absolute Gasteiger partial charge is 0.289 e. The average Bonchev–Trinajstić information content (AvgIpc) is 2.53. The van der Waals surface area contributed by atoms with Gasteiger partial charge in [-0.3, -0.25) is 4.79 Å². The van der Waals surface area contributed by atoms with Crippen molar-refractivity contribution in [2.75, 3.05) is 0 Å². The van der Waals surface area contributed by atoms with Crippen molar-refractivity contribution in [2.45, 2.75) is 12.8 Å². The quantitative estimate of drug-likeness (QED) is 0.705. The van der Waals surface area contributed by atoms with Crippen LogP contribution in [0.1, 0.15) is 18.4 Å². The summed E-state index contributed by atoms with van der Waals surface area (Å²) in [5.74, 6) is 0.123. The monoisotopic (exact) mass is 262 g/mol. The first-order chi connectivity index (χ1) is 7.16. The van der Waals surface area contributed by atoms with Gasteiger partial charge in [-0.2, -0.15) is 0 Å². The summed E-state index contributed by atoms with van der Waals surface area (Å²) in [6.45, 7) is 3.74. The number of ketones is 1. The molecule has 2 heteroatoms. The van der Waals surface area contributed by atoms with Gasteiger partial charge in [-0.25, -0.2) is 0 Å². The second-order valence-corrected chi connectivity index (χ2v) is 4.57. The van der Waals surface area contributed by atoms with Crippen molar-refractivity contribution < 1.29 is 4.79 Å². The van der Waals surface area contributed by atoms with Crippen LogP contribution < -0.4 is 0 Å². The summed E-state index contributed by atoms with van der Waals surface area (Å²) < 4.78 is 1.05. The number of Topliss-reactive ketones (excluding diaryl/α,β-unsaturated/α-hetero) is 1. The minimum Gasteiger partial charge on any atom is -0.289 e. The highest BCUT2D eigenvalue weighted by molar-refractivity contribution is 9.10. The Labute approximate surface area is 97.6 Å². The fraction of sp³-hybridized carbons (Fsp3) is 0.154. The van der Waals surface area contributed by atoms with E-state index in [1.807, 2.05) is 30.3 Å². The lowest BCUT2D eigenvalue weighted by Crippen LogP contribution is -1.93. The fourth-order valence-corrected chi connectivity index (χ4v) is 1.90. The predicted molar refractivity (Wildman–Crippen MR) is 65.5 cm³/mol. The van der Waals surface area contributed by atoms with Gasteiger partial charge in [-0.1, -0.05) is 34.6 Å². The highest BCUT2D eigenvalue weighted by atomic mass is 79.9. The van der Waals surface area contributed by atoms with Crippen molar-refractivity contribution in [3.05, 3.63) is 52.0 Å². The molecule has 0 heterocycles. The average molecular weight is 263 g/mol. The molecule has 0 bridgehead atoms. The molecule has 1 saturated carbocycles. The van der Waals surface area contributed by atoms with Crippen LogP contribution in [0.25, 0.3) is 6.08 Å². The summed E-state index contributed by atoms with van der Waals surface area (Å²) in [4.78, 5) is 11.6. The summed E-state index contributed by atoms with van der Waals surface area (Å²) >= 11 is 3.38. The van der Waals surface area contributed by atoms with E-state index in [0.29, 0.717) is 0 Å². The second kappa shape index (κ2) is 4.15. The van der Waals surface area contributed by atoms with Gasteiger partial charge in [0.25, 0.3) is 0 Å². The predicted octanol–water partition coefficient (Wildman–Crippen LogP) is 3.75. The van der Waals surface area contributed by atoms with Gasteiger partial charge in [0.05, 0.1) is 0 Å². The molecule has 0 saturated heterocycles. The van der Waals surface area contributed by atoms with E-state index < -0.39 is 0 Å². The summed E-state index contributed by atoms with van der Waals surface area (Å²) in [7, 11) is 0. The maximum Gasteiger partial charge on any atom is 0.184 e. The lowest BCUT2D eigenvalue weighted by Gasteiger charge is -1.96. The first kappa shape index (κ1) is 10.4. The smallest absolute Gasteiger partial charge is 0.184 e. The van der Waals surface area contributed by atoms with Crippen LogP contribution in [0.3, 0.4) is 0 Å². The molecule has 0 aromatic heterocycles. The molecule has 0 aliphatic heterocycles. The van der Waals surface area contributed by atoms with Crippen molar-refractivity contribution in [2.24, 2.45) is 0 Å². The van der Waals surface area contributed by atoms with E-state index in [4.69, 9.17) is 0 Å². The topological polar surface area (TPSA) is 17.1 Å². The van der Waals surface area contributed by atoms with E-state index >= 15 is 0 Å². The molecule has 0 N–H and O–H groups in total. The SMILES string of the molecule is C=C1CC/C(=C\c2ccc(Br)cc2)C1=O. The molecule has 15 heavy (non-hydrogen) atoms. The lowest BCUT2D eigenvalue weighted by atomic mass is 10.1. The molecule has 0 amide bonds. The molecule has 0 atom stereocenters. The summed E-state index contributed by atoms with van der Waals surface area (Å²) in [5, 5.41) is 0. The van der Waals surface area contributed by atoms with Crippen molar-refractivity contribution >= 4 is 27.8 Å². The normalized spacial score (nSPS) is 18.9. The number of carbonyl (C=O) groups is 1. The molecule has 76 valence electrons. The van der Waals surface area contributed by atoms with Crippen LogP contribution in [0.2, 0.25) is 0 Å². The van der Waals surface area contributed by atoms with Gasteiger partial charge in [-0.15, -0.1) is 0 Å². The number of allylic oxidation sites excluding steroid dienone is 2. The Bertz CT molecular complexity index is 440. The molecular formula is C13H11BrO. The minimum absolute atomic E-state index is 0.123. The molecule has 0 radical (unpaired) electrons. The van der Waals surface area contributed by atoms with Crippen molar-refractivity contribution in [1.29, 1.82) is 0 Å². The summed E-state index contributed by atoms with van der Waals surface area (Å²) in [6, 6.07) is 7.93. The highest BCUT2D eigenvalue weighted by Crippen LogP contribution is 2.26. The van der Waals surface area contributed by atoms with Crippen molar-refractivity contribution in [1.82, 2.24) is 0 Å². The molecule has 1 aromatic rings. The number of benzene rings is 1. The van der Waals surface area contributed by atoms with E-state index in [2.05, 4.69) is 22.5 Å². The Morgan fingerprint density at radius 1 is 1.20 bits per heavy atom. The standard InChI is InChI=1S/C13H11BrO/c1-9-2-5-11(13(9)15)8-10-3-6-12(14)7-4-10/h3-4,6-8H,1-2,5H2/b11-8+. The molecule has 1 fully saturated rings. The molecule has 1 aliphatic rings. The van der Waals surface area contributed by atoms with Gasteiger partial charge in [0.2, 0.25) is 0 Å². The van der Waals surface area contributed by atoms with Crippen LogP contribution >= 0.6 is 15.9 Å². The maximum atomic E-state index is 11.6. The zero-order chi connectivity index (χ0) is 10.8. The van der Waals surface area contributed by atoms with Gasteiger partial charge in [0.15, 0.2) is 5.78 Å². The molecule has 1 aromatic carbocycles. The molecule has 0 unspecified atom stereocenters. The third-order valence-corrected chi connectivity index (χ3v) is 3.05. The number of hydrogen-bond acceptors (Lipinski definition) is 1. The maximum absolute atomic E-state index is 11.6. The fourth-order valence-electron chi connectivity index (χ4n) is 1.64. The van der Waals surface area contributed by atoms with Gasteiger partial charge in [0.1, 0.15) is 0 Å². The molecule has 1 aliphatic carbocycles. The number of carbonyl (C=O) groups excluding carboxylic acids is 1. The van der Waals surface area contributed by atoms with E-state index in [1.165, 1.54) is 0 Å². The molecule has 2 rings (SSSR count). The number of hydrogen-bond donors (Lipinski definition) is 0. The number of halogens is 1. The van der Waals surface area contributed by atoms with Crippen LogP contribution in [-0.2, 0) is 4.79 Å². The minimum atomic E-state index is 0.123. The Kier molecular flexibility index (Phi) is 2.87. The van der Waals surface area contributed by atoms with Gasteiger partial charge in [0, 0.05) is 10.0 Å². The molecule has 1 nitrogen and oxygen atoms in total. The Morgan fingerprint density at radius 2 is 1.87 bits per heavy atom. The second-order valence-electron chi connectivity index (χ2n) is 3.65. The van der Waals surface area contributed by atoms with Crippen LogP contribution in [0, 0.1) is 0 Å². The Hall–Kier alpha value is -1.15. The van der Waals surface area contributed by atoms with Crippen molar-refractivity contribution in [3.8, 4) is 0 Å². The Morgan fingerprint density at radius 3 is 2.40 bits per heavy atom. The molecule has 0 spiro atoms. The van der Waals surface area contributed by atoms with Crippen molar-refractivity contribution in [3.63, 3.8) is 0 Å². The summed E-state index contributed by atoms with van der Waals surface area (Å²) in [5.41, 5.74) is 2.68. The molecular weight excluding hydrogens is 252 g/mol. The van der Waals surface area contributed by atoms with E-state index in [9.17, 15) is 4.79 Å². The van der Waals surface area contributed by atoms with Gasteiger partial charge < -0.3 is 0 Å². The lowest BCUT2D eigenvalue weighted by molar-refractivity contribution is -0.111.